The van der Waals surface area contributed by atoms with Crippen LogP contribution in [0.2, 0.25) is 5.02 Å². The average Bonchev–Trinajstić information content (AvgIpc) is 2.46. The van der Waals surface area contributed by atoms with E-state index in [0.29, 0.717) is 0 Å². The second-order valence-electron chi connectivity index (χ2n) is 5.56. The lowest BCUT2D eigenvalue weighted by atomic mass is 9.96. The molecular formula is C16H23ClN2O. The van der Waals surface area contributed by atoms with Gasteiger partial charge in [-0.05, 0) is 57.5 Å². The number of nitrogens with one attached hydrogen (secondary N) is 1. The zero-order chi connectivity index (χ0) is 14.4. The highest BCUT2D eigenvalue weighted by Crippen LogP contribution is 2.17. The molecule has 0 unspecified atom stereocenters. The largest absolute Gasteiger partial charge is 0.356 e. The molecule has 3 nitrogen and oxygen atoms in total. The topological polar surface area (TPSA) is 32.3 Å². The van der Waals surface area contributed by atoms with Gasteiger partial charge < -0.3 is 10.2 Å². The Labute approximate surface area is 126 Å². The van der Waals surface area contributed by atoms with Gasteiger partial charge in [0.15, 0.2) is 0 Å². The van der Waals surface area contributed by atoms with Crippen LogP contribution in [0.15, 0.2) is 24.3 Å². The Morgan fingerprint density at radius 3 is 2.75 bits per heavy atom. The molecule has 1 heterocycles. The van der Waals surface area contributed by atoms with Crippen molar-refractivity contribution in [2.75, 3.05) is 26.7 Å². The summed E-state index contributed by atoms with van der Waals surface area (Å²) in [6.45, 7) is 2.78. The highest BCUT2D eigenvalue weighted by atomic mass is 35.5. The summed E-state index contributed by atoms with van der Waals surface area (Å²) in [5.74, 6) is 0.420. The molecule has 1 saturated heterocycles. The summed E-state index contributed by atoms with van der Waals surface area (Å²) >= 11 is 6.11. The number of hydrogen-bond donors (Lipinski definition) is 1. The second-order valence-corrected chi connectivity index (χ2v) is 5.97. The maximum Gasteiger partial charge on any atom is 0.223 e. The monoisotopic (exact) mass is 294 g/mol. The molecule has 0 radical (unpaired) electrons. The van der Waals surface area contributed by atoms with E-state index in [9.17, 15) is 4.79 Å². The Morgan fingerprint density at radius 2 is 2.05 bits per heavy atom. The maximum atomic E-state index is 12.0. The zero-order valence-corrected chi connectivity index (χ0v) is 12.8. The van der Waals surface area contributed by atoms with Crippen LogP contribution in [0.4, 0.5) is 0 Å². The Morgan fingerprint density at radius 1 is 1.35 bits per heavy atom. The molecule has 1 amide bonds. The molecule has 0 atom stereocenters. The third-order valence-electron chi connectivity index (χ3n) is 3.97. The van der Waals surface area contributed by atoms with E-state index < -0.39 is 0 Å². The summed E-state index contributed by atoms with van der Waals surface area (Å²) in [6.07, 6.45) is 3.80. The summed E-state index contributed by atoms with van der Waals surface area (Å²) in [7, 11) is 2.11. The van der Waals surface area contributed by atoms with Crippen molar-refractivity contribution >= 4 is 17.5 Å². The molecule has 1 aliphatic heterocycles. The van der Waals surface area contributed by atoms with E-state index in [-0.39, 0.29) is 11.8 Å². The number of aryl methyl sites for hydroxylation is 1. The molecule has 110 valence electrons. The normalized spacial score (nSPS) is 17.1. The summed E-state index contributed by atoms with van der Waals surface area (Å²) in [4.78, 5) is 14.3. The molecule has 0 aromatic heterocycles. The Hall–Kier alpha value is -1.06. The Balaban J connectivity index is 1.66. The molecule has 0 saturated carbocycles. The van der Waals surface area contributed by atoms with E-state index >= 15 is 0 Å². The van der Waals surface area contributed by atoms with Gasteiger partial charge in [-0.3, -0.25) is 4.79 Å². The number of amides is 1. The van der Waals surface area contributed by atoms with Gasteiger partial charge in [0.05, 0.1) is 0 Å². The standard InChI is InChI=1S/C16H23ClN2O/c1-19-11-8-14(9-12-19)16(20)18-10-4-6-13-5-2-3-7-15(13)17/h2-3,5,7,14H,4,6,8-12H2,1H3,(H,18,20). The highest BCUT2D eigenvalue weighted by molar-refractivity contribution is 6.31. The SMILES string of the molecule is CN1CCC(C(=O)NCCCc2ccccc2Cl)CC1. The number of carbonyl (C=O) groups excluding carboxylic acids is 1. The fourth-order valence-electron chi connectivity index (χ4n) is 2.61. The summed E-state index contributed by atoms with van der Waals surface area (Å²) in [6, 6.07) is 7.89. The third kappa shape index (κ3) is 4.50. The molecule has 1 aromatic carbocycles. The molecule has 20 heavy (non-hydrogen) atoms. The van der Waals surface area contributed by atoms with Crippen molar-refractivity contribution < 1.29 is 4.79 Å². The minimum Gasteiger partial charge on any atom is -0.356 e. The number of rotatable bonds is 5. The Kier molecular flexibility index (Phi) is 5.86. The number of carbonyl (C=O) groups is 1. The van der Waals surface area contributed by atoms with E-state index in [1.165, 1.54) is 0 Å². The average molecular weight is 295 g/mol. The zero-order valence-electron chi connectivity index (χ0n) is 12.1. The van der Waals surface area contributed by atoms with E-state index in [2.05, 4.69) is 17.3 Å². The van der Waals surface area contributed by atoms with Crippen molar-refractivity contribution in [3.63, 3.8) is 0 Å². The van der Waals surface area contributed by atoms with Crippen molar-refractivity contribution in [1.29, 1.82) is 0 Å². The lowest BCUT2D eigenvalue weighted by molar-refractivity contribution is -0.126. The number of piperidine rings is 1. The maximum absolute atomic E-state index is 12.0. The molecule has 0 spiro atoms. The smallest absolute Gasteiger partial charge is 0.223 e. The van der Waals surface area contributed by atoms with Crippen LogP contribution in [0.25, 0.3) is 0 Å². The van der Waals surface area contributed by atoms with Gasteiger partial charge >= 0.3 is 0 Å². The van der Waals surface area contributed by atoms with Crippen LogP contribution in [-0.4, -0.2) is 37.5 Å². The molecule has 4 heteroatoms. The van der Waals surface area contributed by atoms with Gasteiger partial charge in [-0.2, -0.15) is 0 Å². The molecule has 1 aromatic rings. The quantitative estimate of drug-likeness (QED) is 0.847. The molecule has 1 fully saturated rings. The Bertz CT molecular complexity index is 442. The number of likely N-dealkylation sites (tertiary alicyclic amines) is 1. The summed E-state index contributed by atoms with van der Waals surface area (Å²) < 4.78 is 0. The molecule has 1 aliphatic rings. The van der Waals surface area contributed by atoms with Crippen molar-refractivity contribution in [1.82, 2.24) is 10.2 Å². The predicted molar refractivity (Wildman–Crippen MR) is 83.0 cm³/mol. The van der Waals surface area contributed by atoms with E-state index in [1.54, 1.807) is 0 Å². The van der Waals surface area contributed by atoms with Crippen LogP contribution in [0.1, 0.15) is 24.8 Å². The van der Waals surface area contributed by atoms with Crippen molar-refractivity contribution in [2.45, 2.75) is 25.7 Å². The second kappa shape index (κ2) is 7.65. The van der Waals surface area contributed by atoms with Crippen LogP contribution >= 0.6 is 11.6 Å². The lowest BCUT2D eigenvalue weighted by Gasteiger charge is -2.28. The number of benzene rings is 1. The fraction of sp³-hybridized carbons (Fsp3) is 0.562. The van der Waals surface area contributed by atoms with Gasteiger partial charge in [0.2, 0.25) is 5.91 Å². The molecule has 2 rings (SSSR count). The first-order valence-electron chi connectivity index (χ1n) is 7.36. The minimum absolute atomic E-state index is 0.200. The van der Waals surface area contributed by atoms with Crippen LogP contribution in [-0.2, 0) is 11.2 Å². The van der Waals surface area contributed by atoms with Gasteiger partial charge in [0.1, 0.15) is 0 Å². The number of halogens is 1. The predicted octanol–water partition coefficient (Wildman–Crippen LogP) is 2.73. The molecular weight excluding hydrogens is 272 g/mol. The first-order chi connectivity index (χ1) is 9.66. The van der Waals surface area contributed by atoms with Crippen molar-refractivity contribution in [2.24, 2.45) is 5.92 Å². The fourth-order valence-corrected chi connectivity index (χ4v) is 2.84. The lowest BCUT2D eigenvalue weighted by Crippen LogP contribution is -2.39. The van der Waals surface area contributed by atoms with E-state index in [1.807, 2.05) is 24.3 Å². The number of hydrogen-bond acceptors (Lipinski definition) is 2. The van der Waals surface area contributed by atoms with E-state index in [0.717, 1.165) is 55.9 Å². The molecule has 0 aliphatic carbocycles. The van der Waals surface area contributed by atoms with Gasteiger partial charge in [0.25, 0.3) is 0 Å². The minimum atomic E-state index is 0.200. The first kappa shape index (κ1) is 15.3. The van der Waals surface area contributed by atoms with Gasteiger partial charge in [-0.25, -0.2) is 0 Å². The van der Waals surface area contributed by atoms with E-state index in [4.69, 9.17) is 11.6 Å². The summed E-state index contributed by atoms with van der Waals surface area (Å²) in [5, 5.41) is 3.87. The van der Waals surface area contributed by atoms with Crippen molar-refractivity contribution in [3.8, 4) is 0 Å². The van der Waals surface area contributed by atoms with Crippen LogP contribution in [0, 0.1) is 5.92 Å². The van der Waals surface area contributed by atoms with Gasteiger partial charge in [0, 0.05) is 17.5 Å². The van der Waals surface area contributed by atoms with Gasteiger partial charge in [-0.1, -0.05) is 29.8 Å². The first-order valence-corrected chi connectivity index (χ1v) is 7.74. The van der Waals surface area contributed by atoms with Crippen LogP contribution in [0.5, 0.6) is 0 Å². The van der Waals surface area contributed by atoms with Crippen LogP contribution < -0.4 is 5.32 Å². The molecule has 1 N–H and O–H groups in total. The highest BCUT2D eigenvalue weighted by Gasteiger charge is 2.22. The molecule has 0 bridgehead atoms. The van der Waals surface area contributed by atoms with Crippen molar-refractivity contribution in [3.05, 3.63) is 34.9 Å². The van der Waals surface area contributed by atoms with Crippen LogP contribution in [0.3, 0.4) is 0 Å². The summed E-state index contributed by atoms with van der Waals surface area (Å²) in [5.41, 5.74) is 1.16. The third-order valence-corrected chi connectivity index (χ3v) is 4.34. The van der Waals surface area contributed by atoms with Gasteiger partial charge in [-0.15, -0.1) is 0 Å². The number of nitrogens with zero attached hydrogens (tertiary/aromatic N) is 1.